The number of ether oxygens (including phenoxy) is 1. The lowest BCUT2D eigenvalue weighted by Gasteiger charge is -2.42. The van der Waals surface area contributed by atoms with Crippen LogP contribution >= 0.6 is 0 Å². The van der Waals surface area contributed by atoms with Gasteiger partial charge in [0.25, 0.3) is 0 Å². The predicted molar refractivity (Wildman–Crippen MR) is 44.3 cm³/mol. The van der Waals surface area contributed by atoms with Crippen molar-refractivity contribution in [1.29, 1.82) is 0 Å². The highest BCUT2D eigenvalue weighted by atomic mass is 16.5. The molecule has 0 aromatic rings. The Morgan fingerprint density at radius 3 is 2.73 bits per heavy atom. The summed E-state index contributed by atoms with van der Waals surface area (Å²) < 4.78 is 5.21. The summed E-state index contributed by atoms with van der Waals surface area (Å²) in [6.07, 6.45) is 1.72. The third-order valence-electron chi connectivity index (χ3n) is 2.21. The molecule has 0 fully saturated rings. The first-order valence-corrected chi connectivity index (χ1v) is 3.63. The number of hydrazone groups is 1. The molecule has 4 nitrogen and oxygen atoms in total. The third kappa shape index (κ3) is 1.30. The van der Waals surface area contributed by atoms with E-state index in [1.165, 1.54) is 0 Å². The van der Waals surface area contributed by atoms with E-state index in [-0.39, 0.29) is 11.8 Å². The van der Waals surface area contributed by atoms with E-state index in [0.717, 1.165) is 0 Å². The van der Waals surface area contributed by atoms with Crippen LogP contribution in [0.2, 0.25) is 0 Å². The molecule has 1 rings (SSSR count). The van der Waals surface area contributed by atoms with Gasteiger partial charge in [0.1, 0.15) is 6.34 Å². The van der Waals surface area contributed by atoms with Gasteiger partial charge < -0.3 is 9.64 Å². The van der Waals surface area contributed by atoms with Crippen LogP contribution in [0.5, 0.6) is 0 Å². The molecule has 0 aromatic carbocycles. The van der Waals surface area contributed by atoms with Crippen LogP contribution in [-0.2, 0) is 4.74 Å². The number of methoxy groups -OCH3 is 1. The van der Waals surface area contributed by atoms with Crippen LogP contribution < -0.4 is 5.43 Å². The summed E-state index contributed by atoms with van der Waals surface area (Å²) >= 11 is 0. The van der Waals surface area contributed by atoms with Crippen LogP contribution in [-0.4, -0.2) is 37.2 Å². The normalized spacial score (nSPS) is 28.4. The van der Waals surface area contributed by atoms with Gasteiger partial charge in [0.15, 0.2) is 6.23 Å². The quantitative estimate of drug-likeness (QED) is 0.591. The van der Waals surface area contributed by atoms with Crippen LogP contribution in [0.4, 0.5) is 0 Å². The largest absolute Gasteiger partial charge is 0.358 e. The fourth-order valence-corrected chi connectivity index (χ4v) is 1.02. The van der Waals surface area contributed by atoms with E-state index >= 15 is 0 Å². The van der Waals surface area contributed by atoms with Crippen LogP contribution in [0.25, 0.3) is 0 Å². The minimum absolute atomic E-state index is 0.0440. The zero-order valence-corrected chi connectivity index (χ0v) is 7.46. The molecule has 1 aliphatic heterocycles. The minimum atomic E-state index is -0.0451. The molecule has 0 saturated carbocycles. The molecule has 0 spiro atoms. The van der Waals surface area contributed by atoms with Crippen molar-refractivity contribution in [2.45, 2.75) is 25.6 Å². The smallest absolute Gasteiger partial charge is 0.165 e. The van der Waals surface area contributed by atoms with Crippen molar-refractivity contribution >= 4 is 6.34 Å². The van der Waals surface area contributed by atoms with Crippen molar-refractivity contribution in [3.63, 3.8) is 0 Å². The highest BCUT2D eigenvalue weighted by Gasteiger charge is 2.34. The van der Waals surface area contributed by atoms with E-state index in [0.29, 0.717) is 0 Å². The molecular weight excluding hydrogens is 142 g/mol. The number of nitrogens with one attached hydrogen (secondary N) is 1. The molecular formula is C7H15N3O. The highest BCUT2D eigenvalue weighted by Crippen LogP contribution is 2.18. The second-order valence-corrected chi connectivity index (χ2v) is 3.25. The molecule has 1 aliphatic rings. The molecule has 1 unspecified atom stereocenters. The number of hydrogen-bond acceptors (Lipinski definition) is 4. The van der Waals surface area contributed by atoms with E-state index in [4.69, 9.17) is 4.74 Å². The van der Waals surface area contributed by atoms with Gasteiger partial charge in [-0.05, 0) is 13.8 Å². The van der Waals surface area contributed by atoms with Crippen molar-refractivity contribution in [3.05, 3.63) is 0 Å². The Morgan fingerprint density at radius 2 is 2.27 bits per heavy atom. The summed E-state index contributed by atoms with van der Waals surface area (Å²) in [5.74, 6) is 0. The number of rotatable bonds is 1. The molecule has 1 atom stereocenters. The lowest BCUT2D eigenvalue weighted by molar-refractivity contribution is -0.0290. The maximum absolute atomic E-state index is 5.21. The SMILES string of the molecule is COC1NN=CN(C)C1(C)C. The Labute approximate surface area is 67.2 Å². The van der Waals surface area contributed by atoms with Crippen LogP contribution in [0, 0.1) is 0 Å². The van der Waals surface area contributed by atoms with Gasteiger partial charge in [0, 0.05) is 14.2 Å². The van der Waals surface area contributed by atoms with Gasteiger partial charge in [-0.3, -0.25) is 5.43 Å². The molecule has 0 aromatic heterocycles. The topological polar surface area (TPSA) is 36.9 Å². The third-order valence-corrected chi connectivity index (χ3v) is 2.21. The summed E-state index contributed by atoms with van der Waals surface area (Å²) in [7, 11) is 3.66. The monoisotopic (exact) mass is 157 g/mol. The van der Waals surface area contributed by atoms with Crippen LogP contribution in [0.1, 0.15) is 13.8 Å². The van der Waals surface area contributed by atoms with Crippen molar-refractivity contribution in [2.24, 2.45) is 5.10 Å². The van der Waals surface area contributed by atoms with Gasteiger partial charge in [-0.15, -0.1) is 0 Å². The zero-order valence-electron chi connectivity index (χ0n) is 7.46. The molecule has 0 aliphatic carbocycles. The Bertz CT molecular complexity index is 167. The second kappa shape index (κ2) is 2.70. The Hall–Kier alpha value is -0.770. The van der Waals surface area contributed by atoms with Crippen molar-refractivity contribution in [3.8, 4) is 0 Å². The lowest BCUT2D eigenvalue weighted by Crippen LogP contribution is -2.58. The van der Waals surface area contributed by atoms with Gasteiger partial charge in [-0.2, -0.15) is 5.10 Å². The van der Waals surface area contributed by atoms with Gasteiger partial charge in [0.2, 0.25) is 0 Å². The summed E-state index contributed by atoms with van der Waals surface area (Å²) in [6, 6.07) is 0. The molecule has 0 amide bonds. The minimum Gasteiger partial charge on any atom is -0.358 e. The fourth-order valence-electron chi connectivity index (χ4n) is 1.02. The van der Waals surface area contributed by atoms with Gasteiger partial charge in [0.05, 0.1) is 5.54 Å². The number of nitrogens with zero attached hydrogens (tertiary/aromatic N) is 2. The van der Waals surface area contributed by atoms with E-state index in [9.17, 15) is 0 Å². The highest BCUT2D eigenvalue weighted by molar-refractivity contribution is 5.56. The summed E-state index contributed by atoms with van der Waals surface area (Å²) in [4.78, 5) is 2.03. The molecule has 64 valence electrons. The lowest BCUT2D eigenvalue weighted by atomic mass is 10.0. The van der Waals surface area contributed by atoms with Gasteiger partial charge >= 0.3 is 0 Å². The zero-order chi connectivity index (χ0) is 8.48. The first-order chi connectivity index (χ1) is 5.09. The average Bonchev–Trinajstić information content (AvgIpc) is 1.95. The van der Waals surface area contributed by atoms with Crippen molar-refractivity contribution < 1.29 is 4.74 Å². The van der Waals surface area contributed by atoms with Crippen LogP contribution in [0.3, 0.4) is 0 Å². The first-order valence-electron chi connectivity index (χ1n) is 3.63. The van der Waals surface area contributed by atoms with E-state index in [1.54, 1.807) is 13.4 Å². The average molecular weight is 157 g/mol. The molecule has 1 N–H and O–H groups in total. The van der Waals surface area contributed by atoms with E-state index in [1.807, 2.05) is 11.9 Å². The fraction of sp³-hybridized carbons (Fsp3) is 0.857. The number of likely N-dealkylation sites (N-methyl/N-ethyl adjacent to an activating group) is 1. The maximum atomic E-state index is 5.21. The van der Waals surface area contributed by atoms with Crippen molar-refractivity contribution in [2.75, 3.05) is 14.2 Å². The van der Waals surface area contributed by atoms with E-state index in [2.05, 4.69) is 24.4 Å². The first kappa shape index (κ1) is 8.33. The molecule has 0 radical (unpaired) electrons. The van der Waals surface area contributed by atoms with Crippen LogP contribution in [0.15, 0.2) is 5.10 Å². The number of hydrogen-bond donors (Lipinski definition) is 1. The maximum Gasteiger partial charge on any atom is 0.165 e. The Kier molecular flexibility index (Phi) is 2.04. The molecule has 0 saturated heterocycles. The Balaban J connectivity index is 2.77. The summed E-state index contributed by atoms with van der Waals surface area (Å²) in [5, 5.41) is 3.93. The van der Waals surface area contributed by atoms with Gasteiger partial charge in [-0.25, -0.2) is 0 Å². The summed E-state index contributed by atoms with van der Waals surface area (Å²) in [5.41, 5.74) is 2.85. The predicted octanol–water partition coefficient (Wildman–Crippen LogP) is 0.216. The van der Waals surface area contributed by atoms with E-state index < -0.39 is 0 Å². The molecule has 4 heteroatoms. The Morgan fingerprint density at radius 1 is 1.64 bits per heavy atom. The van der Waals surface area contributed by atoms with Gasteiger partial charge in [-0.1, -0.05) is 0 Å². The molecule has 11 heavy (non-hydrogen) atoms. The second-order valence-electron chi connectivity index (χ2n) is 3.25. The molecule has 1 heterocycles. The van der Waals surface area contributed by atoms with Crippen molar-refractivity contribution in [1.82, 2.24) is 10.3 Å². The molecule has 0 bridgehead atoms. The summed E-state index contributed by atoms with van der Waals surface area (Å²) in [6.45, 7) is 4.19. The standard InChI is InChI=1S/C7H15N3O/c1-7(2)6(11-4)9-8-5-10(7)3/h5-6,9H,1-4H3.